The van der Waals surface area contributed by atoms with Gasteiger partial charge in [0.1, 0.15) is 0 Å². The number of carbonyl (C=O) groups excluding carboxylic acids is 1. The van der Waals surface area contributed by atoms with Crippen LogP contribution in [0.25, 0.3) is 0 Å². The third kappa shape index (κ3) is 6.36. The standard InChI is InChI=1S/C28H34N6O/c35-28(30-25-15-17-33(18-16-25)21-22-7-3-1-4-8-22)23-13-19-34(20-14-23)27-12-11-26(31-32-27)29-24-9-5-2-6-10-24/h1-12,23,25H,13-21H2,(H,29,31)(H,30,35). The number of para-hydroxylation sites is 1. The van der Waals surface area contributed by atoms with E-state index in [2.05, 4.69) is 61.0 Å². The van der Waals surface area contributed by atoms with Crippen LogP contribution in [0.4, 0.5) is 17.3 Å². The van der Waals surface area contributed by atoms with Crippen molar-refractivity contribution in [3.8, 4) is 0 Å². The van der Waals surface area contributed by atoms with Gasteiger partial charge in [-0.1, -0.05) is 48.5 Å². The quantitative estimate of drug-likeness (QED) is 0.539. The Bertz CT molecular complexity index is 1060. The monoisotopic (exact) mass is 470 g/mol. The number of hydrogen-bond donors (Lipinski definition) is 2. The normalized spacial score (nSPS) is 17.8. The molecule has 2 aliphatic rings. The molecule has 7 heteroatoms. The molecule has 0 aliphatic carbocycles. The second-order valence-corrected chi connectivity index (χ2v) is 9.57. The number of hydrogen-bond acceptors (Lipinski definition) is 6. The zero-order chi connectivity index (χ0) is 23.9. The van der Waals surface area contributed by atoms with Gasteiger partial charge in [0.25, 0.3) is 0 Å². The van der Waals surface area contributed by atoms with Gasteiger partial charge in [-0.15, -0.1) is 10.2 Å². The van der Waals surface area contributed by atoms with Crippen molar-refractivity contribution < 1.29 is 4.79 Å². The first-order valence-electron chi connectivity index (χ1n) is 12.7. The Balaban J connectivity index is 1.04. The van der Waals surface area contributed by atoms with Gasteiger partial charge in [-0.25, -0.2) is 0 Å². The summed E-state index contributed by atoms with van der Waals surface area (Å²) in [4.78, 5) is 17.6. The van der Waals surface area contributed by atoms with Crippen molar-refractivity contribution in [2.45, 2.75) is 38.3 Å². The Hall–Kier alpha value is -3.45. The average molecular weight is 471 g/mol. The van der Waals surface area contributed by atoms with Crippen molar-refractivity contribution in [3.63, 3.8) is 0 Å². The van der Waals surface area contributed by atoms with Crippen LogP contribution in [-0.4, -0.2) is 53.2 Å². The molecule has 2 aromatic carbocycles. The number of carbonyl (C=O) groups is 1. The fourth-order valence-corrected chi connectivity index (χ4v) is 5.00. The van der Waals surface area contributed by atoms with E-state index in [0.717, 1.165) is 75.7 Å². The van der Waals surface area contributed by atoms with Crippen LogP contribution < -0.4 is 15.5 Å². The lowest BCUT2D eigenvalue weighted by Crippen LogP contribution is -2.48. The largest absolute Gasteiger partial charge is 0.355 e. The molecular formula is C28H34N6O. The van der Waals surface area contributed by atoms with Crippen molar-refractivity contribution >= 4 is 23.2 Å². The predicted molar refractivity (Wildman–Crippen MR) is 140 cm³/mol. The zero-order valence-electron chi connectivity index (χ0n) is 20.1. The highest BCUT2D eigenvalue weighted by atomic mass is 16.2. The number of likely N-dealkylation sites (tertiary alicyclic amines) is 1. The molecule has 0 unspecified atom stereocenters. The summed E-state index contributed by atoms with van der Waals surface area (Å²) in [5.74, 6) is 1.90. The molecule has 2 N–H and O–H groups in total. The predicted octanol–water partition coefficient (Wildman–Crippen LogP) is 4.22. The third-order valence-corrected chi connectivity index (χ3v) is 7.07. The van der Waals surface area contributed by atoms with Gasteiger partial charge >= 0.3 is 0 Å². The highest BCUT2D eigenvalue weighted by molar-refractivity contribution is 5.79. The molecular weight excluding hydrogens is 436 g/mol. The summed E-state index contributed by atoms with van der Waals surface area (Å²) in [5.41, 5.74) is 2.34. The smallest absolute Gasteiger partial charge is 0.223 e. The van der Waals surface area contributed by atoms with E-state index >= 15 is 0 Å². The maximum atomic E-state index is 12.9. The Labute approximate surface area is 207 Å². The lowest BCUT2D eigenvalue weighted by Gasteiger charge is -2.35. The SMILES string of the molecule is O=C(NC1CCN(Cc2ccccc2)CC1)C1CCN(c2ccc(Nc3ccccc3)nn2)CC1. The Kier molecular flexibility index (Phi) is 7.53. The number of aromatic nitrogens is 2. The highest BCUT2D eigenvalue weighted by Crippen LogP contribution is 2.24. The van der Waals surface area contributed by atoms with E-state index < -0.39 is 0 Å². The van der Waals surface area contributed by atoms with Gasteiger partial charge in [-0.3, -0.25) is 9.69 Å². The second-order valence-electron chi connectivity index (χ2n) is 9.57. The van der Waals surface area contributed by atoms with Crippen LogP contribution in [0, 0.1) is 5.92 Å². The molecule has 1 aromatic heterocycles. The maximum absolute atomic E-state index is 12.9. The molecule has 0 atom stereocenters. The first kappa shape index (κ1) is 23.3. The topological polar surface area (TPSA) is 73.4 Å². The van der Waals surface area contributed by atoms with E-state index in [9.17, 15) is 4.79 Å². The maximum Gasteiger partial charge on any atom is 0.223 e. The summed E-state index contributed by atoms with van der Waals surface area (Å²) >= 11 is 0. The summed E-state index contributed by atoms with van der Waals surface area (Å²) in [5, 5.41) is 15.3. The lowest BCUT2D eigenvalue weighted by molar-refractivity contribution is -0.126. The molecule has 1 amide bonds. The van der Waals surface area contributed by atoms with Gasteiger partial charge < -0.3 is 15.5 Å². The number of benzene rings is 2. The van der Waals surface area contributed by atoms with Crippen molar-refractivity contribution in [2.24, 2.45) is 5.92 Å². The van der Waals surface area contributed by atoms with E-state index in [1.54, 1.807) is 0 Å². The third-order valence-electron chi connectivity index (χ3n) is 7.07. The van der Waals surface area contributed by atoms with Gasteiger partial charge in [0.05, 0.1) is 0 Å². The average Bonchev–Trinajstić information content (AvgIpc) is 2.91. The molecule has 3 heterocycles. The van der Waals surface area contributed by atoms with E-state index in [1.165, 1.54) is 5.56 Å². The van der Waals surface area contributed by atoms with Crippen LogP contribution in [0.2, 0.25) is 0 Å². The number of piperidine rings is 2. The first-order chi connectivity index (χ1) is 17.2. The highest BCUT2D eigenvalue weighted by Gasteiger charge is 2.28. The summed E-state index contributed by atoms with van der Waals surface area (Å²) in [6, 6.07) is 24.8. The molecule has 2 fully saturated rings. The van der Waals surface area contributed by atoms with Crippen molar-refractivity contribution in [1.82, 2.24) is 20.4 Å². The minimum absolute atomic E-state index is 0.0839. The first-order valence-corrected chi connectivity index (χ1v) is 12.7. The van der Waals surface area contributed by atoms with Gasteiger partial charge in [0.2, 0.25) is 5.91 Å². The van der Waals surface area contributed by atoms with Crippen molar-refractivity contribution in [1.29, 1.82) is 0 Å². The fraction of sp³-hybridized carbons (Fsp3) is 0.393. The van der Waals surface area contributed by atoms with Crippen LogP contribution in [0.3, 0.4) is 0 Å². The Morgan fingerprint density at radius 1 is 0.800 bits per heavy atom. The molecule has 5 rings (SSSR count). The number of anilines is 3. The molecule has 2 aliphatic heterocycles. The number of amides is 1. The van der Waals surface area contributed by atoms with Crippen molar-refractivity contribution in [2.75, 3.05) is 36.4 Å². The van der Waals surface area contributed by atoms with E-state index in [4.69, 9.17) is 0 Å². The second kappa shape index (κ2) is 11.3. The molecule has 0 bridgehead atoms. The zero-order valence-corrected chi connectivity index (χ0v) is 20.1. The number of nitrogens with zero attached hydrogens (tertiary/aromatic N) is 4. The molecule has 0 radical (unpaired) electrons. The van der Waals surface area contributed by atoms with Crippen LogP contribution >= 0.6 is 0 Å². The van der Waals surface area contributed by atoms with E-state index in [1.807, 2.05) is 42.5 Å². The van der Waals surface area contributed by atoms with E-state index in [0.29, 0.717) is 6.04 Å². The van der Waals surface area contributed by atoms with Gasteiger partial charge in [0, 0.05) is 50.4 Å². The summed E-state index contributed by atoms with van der Waals surface area (Å²) in [6.45, 7) is 4.71. The summed E-state index contributed by atoms with van der Waals surface area (Å²) < 4.78 is 0. The summed E-state index contributed by atoms with van der Waals surface area (Å²) in [6.07, 6.45) is 3.75. The molecule has 0 saturated carbocycles. The minimum Gasteiger partial charge on any atom is -0.355 e. The van der Waals surface area contributed by atoms with Crippen LogP contribution in [-0.2, 0) is 11.3 Å². The van der Waals surface area contributed by atoms with E-state index in [-0.39, 0.29) is 11.8 Å². The lowest BCUT2D eigenvalue weighted by atomic mass is 9.94. The van der Waals surface area contributed by atoms with Crippen LogP contribution in [0.1, 0.15) is 31.2 Å². The van der Waals surface area contributed by atoms with Crippen molar-refractivity contribution in [3.05, 3.63) is 78.4 Å². The van der Waals surface area contributed by atoms with Gasteiger partial charge in [0.15, 0.2) is 11.6 Å². The van der Waals surface area contributed by atoms with Gasteiger partial charge in [-0.05, 0) is 55.5 Å². The Morgan fingerprint density at radius 2 is 1.49 bits per heavy atom. The summed E-state index contributed by atoms with van der Waals surface area (Å²) in [7, 11) is 0. The molecule has 7 nitrogen and oxygen atoms in total. The molecule has 35 heavy (non-hydrogen) atoms. The Morgan fingerprint density at radius 3 is 2.14 bits per heavy atom. The van der Waals surface area contributed by atoms with Crippen LogP contribution in [0.5, 0.6) is 0 Å². The number of rotatable bonds is 7. The molecule has 2 saturated heterocycles. The van der Waals surface area contributed by atoms with Gasteiger partial charge in [-0.2, -0.15) is 0 Å². The molecule has 0 spiro atoms. The minimum atomic E-state index is 0.0839. The van der Waals surface area contributed by atoms with Crippen LogP contribution in [0.15, 0.2) is 72.8 Å². The number of nitrogens with one attached hydrogen (secondary N) is 2. The molecule has 182 valence electrons. The molecule has 3 aromatic rings. The fourth-order valence-electron chi connectivity index (χ4n) is 5.00.